The number of carboxylic acid groups (broad SMARTS) is 1. The van der Waals surface area contributed by atoms with Crippen LogP contribution in [-0.4, -0.2) is 31.4 Å². The van der Waals surface area contributed by atoms with Gasteiger partial charge in [-0.15, -0.1) is 0 Å². The third-order valence-electron chi connectivity index (χ3n) is 3.24. The lowest BCUT2D eigenvalue weighted by molar-refractivity contribution is 0.0690. The molecule has 0 radical (unpaired) electrons. The first kappa shape index (κ1) is 15.6. The maximum absolute atomic E-state index is 11.1. The van der Waals surface area contributed by atoms with Crippen LogP contribution in [0.4, 0.5) is 5.69 Å². The Bertz CT molecular complexity index is 1070. The van der Waals surface area contributed by atoms with Crippen LogP contribution in [0.2, 0.25) is 0 Å². The van der Waals surface area contributed by atoms with Gasteiger partial charge >= 0.3 is 5.97 Å². The van der Waals surface area contributed by atoms with Crippen LogP contribution in [0.15, 0.2) is 47.7 Å². The maximum atomic E-state index is 11.1. The molecule has 3 rings (SSSR count). The van der Waals surface area contributed by atoms with Gasteiger partial charge in [0, 0.05) is 17.8 Å². The largest absolute Gasteiger partial charge is 0.476 e. The molecular formula is C16H9N7O2. The van der Waals surface area contributed by atoms with Crippen molar-refractivity contribution in [3.05, 3.63) is 48.3 Å². The van der Waals surface area contributed by atoms with Gasteiger partial charge in [-0.05, 0) is 18.2 Å². The van der Waals surface area contributed by atoms with Crippen LogP contribution in [0.1, 0.15) is 10.5 Å². The molecule has 0 aliphatic carbocycles. The van der Waals surface area contributed by atoms with E-state index in [9.17, 15) is 4.79 Å². The van der Waals surface area contributed by atoms with E-state index in [0.29, 0.717) is 17.0 Å². The third kappa shape index (κ3) is 3.11. The van der Waals surface area contributed by atoms with Gasteiger partial charge < -0.3 is 5.11 Å². The first-order chi connectivity index (χ1) is 12.1. The summed E-state index contributed by atoms with van der Waals surface area (Å²) in [4.78, 5) is 15.2. The number of hydrogen-bond donors (Lipinski definition) is 2. The molecule has 0 unspecified atom stereocenters. The predicted octanol–water partition coefficient (Wildman–Crippen LogP) is 1.91. The van der Waals surface area contributed by atoms with Crippen LogP contribution < -0.4 is 5.43 Å². The van der Waals surface area contributed by atoms with Crippen molar-refractivity contribution in [1.82, 2.24) is 14.6 Å². The van der Waals surface area contributed by atoms with Gasteiger partial charge in [0.05, 0.1) is 11.4 Å². The Hall–Kier alpha value is -4.24. The molecule has 25 heavy (non-hydrogen) atoms. The minimum absolute atomic E-state index is 0.105. The molecule has 2 heterocycles. The maximum Gasteiger partial charge on any atom is 0.356 e. The molecule has 0 fully saturated rings. The topological polar surface area (TPSA) is 139 Å². The molecule has 2 aromatic heterocycles. The lowest BCUT2D eigenvalue weighted by Crippen LogP contribution is -2.00. The van der Waals surface area contributed by atoms with E-state index in [-0.39, 0.29) is 11.4 Å². The van der Waals surface area contributed by atoms with Crippen LogP contribution in [-0.2, 0) is 0 Å². The lowest BCUT2D eigenvalue weighted by Gasteiger charge is -2.06. The van der Waals surface area contributed by atoms with Crippen molar-refractivity contribution in [1.29, 1.82) is 10.5 Å². The Morgan fingerprint density at radius 2 is 2.04 bits per heavy atom. The molecule has 0 saturated heterocycles. The van der Waals surface area contributed by atoms with Crippen LogP contribution in [0, 0.1) is 22.7 Å². The third-order valence-corrected chi connectivity index (χ3v) is 3.24. The summed E-state index contributed by atoms with van der Waals surface area (Å²) in [6, 6.07) is 13.4. The molecule has 9 heteroatoms. The van der Waals surface area contributed by atoms with E-state index in [0.717, 1.165) is 5.56 Å². The van der Waals surface area contributed by atoms with Gasteiger partial charge in [0.25, 0.3) is 0 Å². The Labute approximate surface area is 141 Å². The zero-order chi connectivity index (χ0) is 17.8. The van der Waals surface area contributed by atoms with Gasteiger partial charge in [0.2, 0.25) is 5.71 Å². The monoisotopic (exact) mass is 331 g/mol. The average molecular weight is 331 g/mol. The summed E-state index contributed by atoms with van der Waals surface area (Å²) >= 11 is 0. The molecule has 0 bridgehead atoms. The number of aromatic nitrogens is 3. The van der Waals surface area contributed by atoms with Crippen molar-refractivity contribution in [2.24, 2.45) is 5.10 Å². The molecule has 0 amide bonds. The smallest absolute Gasteiger partial charge is 0.356 e. The van der Waals surface area contributed by atoms with Gasteiger partial charge in [-0.25, -0.2) is 14.3 Å². The quantitative estimate of drug-likeness (QED) is 0.549. The zero-order valence-corrected chi connectivity index (χ0v) is 12.6. The molecule has 0 atom stereocenters. The average Bonchev–Trinajstić information content (AvgIpc) is 3.07. The molecule has 3 aromatic rings. The number of benzene rings is 1. The van der Waals surface area contributed by atoms with E-state index in [2.05, 4.69) is 20.6 Å². The van der Waals surface area contributed by atoms with Crippen LogP contribution in [0.3, 0.4) is 0 Å². The predicted molar refractivity (Wildman–Crippen MR) is 87.7 cm³/mol. The number of hydrogen-bond acceptors (Lipinski definition) is 7. The number of nitriles is 2. The highest BCUT2D eigenvalue weighted by molar-refractivity contribution is 6.10. The van der Waals surface area contributed by atoms with E-state index >= 15 is 0 Å². The standard InChI is InChI=1S/C16H9N7O2/c17-8-12(9-18)21-20-11-3-1-2-10(6-11)14-4-5-19-15-7-13(16(24)25)22-23(14)15/h1-7,20H,(H,24,25). The minimum Gasteiger partial charge on any atom is -0.476 e. The number of hydrazone groups is 1. The molecule has 2 N–H and O–H groups in total. The van der Waals surface area contributed by atoms with Gasteiger partial charge in [-0.2, -0.15) is 20.7 Å². The molecule has 0 aliphatic rings. The molecular weight excluding hydrogens is 322 g/mol. The van der Waals surface area contributed by atoms with Gasteiger partial charge in [0.15, 0.2) is 11.3 Å². The summed E-state index contributed by atoms with van der Waals surface area (Å²) in [5, 5.41) is 34.2. The number of carboxylic acids is 1. The number of rotatable bonds is 4. The first-order valence-electron chi connectivity index (χ1n) is 6.95. The van der Waals surface area contributed by atoms with E-state index in [1.807, 2.05) is 0 Å². The summed E-state index contributed by atoms with van der Waals surface area (Å²) in [7, 11) is 0. The molecule has 1 aromatic carbocycles. The normalized spacial score (nSPS) is 9.84. The summed E-state index contributed by atoms with van der Waals surface area (Å²) in [6.07, 6.45) is 1.56. The zero-order valence-electron chi connectivity index (χ0n) is 12.6. The van der Waals surface area contributed by atoms with Crippen LogP contribution in [0.25, 0.3) is 16.9 Å². The first-order valence-corrected chi connectivity index (χ1v) is 6.95. The summed E-state index contributed by atoms with van der Waals surface area (Å²) < 4.78 is 1.43. The Morgan fingerprint density at radius 1 is 1.24 bits per heavy atom. The molecule has 0 saturated carbocycles. The summed E-state index contributed by atoms with van der Waals surface area (Å²) in [6.45, 7) is 0. The fraction of sp³-hybridized carbons (Fsp3) is 0. The SMILES string of the molecule is N#CC(C#N)=NNc1cccc(-c2ccnc3cc(C(=O)O)nn23)c1. The molecule has 0 aliphatic heterocycles. The minimum atomic E-state index is -1.14. The van der Waals surface area contributed by atoms with Crippen molar-refractivity contribution in [2.75, 3.05) is 5.43 Å². The van der Waals surface area contributed by atoms with Crippen molar-refractivity contribution < 1.29 is 9.90 Å². The Balaban J connectivity index is 2.03. The fourth-order valence-corrected chi connectivity index (χ4v) is 2.16. The second-order valence-corrected chi connectivity index (χ2v) is 4.81. The van der Waals surface area contributed by atoms with Gasteiger partial charge in [-0.1, -0.05) is 12.1 Å². The number of anilines is 1. The van der Waals surface area contributed by atoms with Crippen LogP contribution >= 0.6 is 0 Å². The highest BCUT2D eigenvalue weighted by Gasteiger charge is 2.12. The van der Waals surface area contributed by atoms with Gasteiger partial charge in [0.1, 0.15) is 12.1 Å². The van der Waals surface area contributed by atoms with Crippen molar-refractivity contribution >= 4 is 23.0 Å². The lowest BCUT2D eigenvalue weighted by atomic mass is 10.1. The van der Waals surface area contributed by atoms with E-state index < -0.39 is 5.97 Å². The highest BCUT2D eigenvalue weighted by atomic mass is 16.4. The highest BCUT2D eigenvalue weighted by Crippen LogP contribution is 2.23. The number of fused-ring (bicyclic) bond motifs is 1. The summed E-state index contributed by atoms with van der Waals surface area (Å²) in [5.41, 5.74) is 4.54. The van der Waals surface area contributed by atoms with E-state index in [1.54, 1.807) is 48.7 Å². The van der Waals surface area contributed by atoms with Crippen LogP contribution in [0.5, 0.6) is 0 Å². The Morgan fingerprint density at radius 3 is 2.76 bits per heavy atom. The van der Waals surface area contributed by atoms with Gasteiger partial charge in [-0.3, -0.25) is 5.43 Å². The Kier molecular flexibility index (Phi) is 4.06. The number of carbonyl (C=O) groups is 1. The summed E-state index contributed by atoms with van der Waals surface area (Å²) in [5.74, 6) is -1.14. The van der Waals surface area contributed by atoms with Crippen molar-refractivity contribution in [2.45, 2.75) is 0 Å². The molecule has 120 valence electrons. The fourth-order valence-electron chi connectivity index (χ4n) is 2.16. The second kappa shape index (κ2) is 6.48. The second-order valence-electron chi connectivity index (χ2n) is 4.81. The molecule has 9 nitrogen and oxygen atoms in total. The number of aromatic carboxylic acids is 1. The molecule has 0 spiro atoms. The van der Waals surface area contributed by atoms with Crippen molar-refractivity contribution in [3.63, 3.8) is 0 Å². The van der Waals surface area contributed by atoms with E-state index in [1.165, 1.54) is 10.6 Å². The van der Waals surface area contributed by atoms with Crippen molar-refractivity contribution in [3.8, 4) is 23.4 Å². The van der Waals surface area contributed by atoms with E-state index in [4.69, 9.17) is 15.6 Å². The number of nitrogens with one attached hydrogen (secondary N) is 1. The number of nitrogens with zero attached hydrogens (tertiary/aromatic N) is 6.